The van der Waals surface area contributed by atoms with Crippen LogP contribution in [-0.2, 0) is 9.05 Å². The Labute approximate surface area is 129 Å². The smallest absolute Gasteiger partial charge is 0.261 e. The maximum absolute atomic E-state index is 11.2. The topological polar surface area (TPSA) is 43.4 Å². The van der Waals surface area contributed by atoms with Crippen LogP contribution in [0.25, 0.3) is 0 Å². The zero-order chi connectivity index (χ0) is 15.5. The molecule has 0 saturated carbocycles. The molecular formula is C16H17ClO3S. The molecule has 0 amide bonds. The summed E-state index contributed by atoms with van der Waals surface area (Å²) in [7, 11) is 1.57. The Hall–Kier alpha value is -1.52. The summed E-state index contributed by atoms with van der Waals surface area (Å²) in [4.78, 5) is 0.0589. The van der Waals surface area contributed by atoms with Crippen molar-refractivity contribution in [3.63, 3.8) is 0 Å². The van der Waals surface area contributed by atoms with Crippen molar-refractivity contribution in [1.29, 1.82) is 0 Å². The van der Waals surface area contributed by atoms with E-state index in [1.165, 1.54) is 17.7 Å². The van der Waals surface area contributed by atoms with Gasteiger partial charge in [-0.05, 0) is 54.3 Å². The van der Waals surface area contributed by atoms with Crippen LogP contribution in [0.1, 0.15) is 31.7 Å². The second kappa shape index (κ2) is 6.50. The molecular weight excluding hydrogens is 308 g/mol. The minimum atomic E-state index is -3.69. The van der Waals surface area contributed by atoms with E-state index in [1.807, 2.05) is 24.3 Å². The van der Waals surface area contributed by atoms with Crippen molar-refractivity contribution >= 4 is 19.7 Å². The largest absolute Gasteiger partial charge is 0.457 e. The van der Waals surface area contributed by atoms with E-state index in [0.717, 1.165) is 6.42 Å². The average molecular weight is 325 g/mol. The van der Waals surface area contributed by atoms with E-state index in [2.05, 4.69) is 13.8 Å². The lowest BCUT2D eigenvalue weighted by Gasteiger charge is -2.10. The van der Waals surface area contributed by atoms with Gasteiger partial charge >= 0.3 is 0 Å². The van der Waals surface area contributed by atoms with E-state index in [4.69, 9.17) is 15.4 Å². The highest BCUT2D eigenvalue weighted by Crippen LogP contribution is 2.26. The first-order valence-electron chi connectivity index (χ1n) is 6.72. The van der Waals surface area contributed by atoms with Crippen LogP contribution >= 0.6 is 10.7 Å². The van der Waals surface area contributed by atoms with E-state index in [0.29, 0.717) is 17.4 Å². The third-order valence-corrected chi connectivity index (χ3v) is 4.77. The number of benzene rings is 2. The highest BCUT2D eigenvalue weighted by atomic mass is 35.7. The first-order valence-corrected chi connectivity index (χ1v) is 9.03. The molecule has 5 heteroatoms. The fraction of sp³-hybridized carbons (Fsp3) is 0.250. The van der Waals surface area contributed by atoms with Crippen LogP contribution in [0.3, 0.4) is 0 Å². The van der Waals surface area contributed by atoms with E-state index < -0.39 is 9.05 Å². The first kappa shape index (κ1) is 15.9. The summed E-state index contributed by atoms with van der Waals surface area (Å²) < 4.78 is 28.0. The first-order chi connectivity index (χ1) is 9.90. The molecule has 1 unspecified atom stereocenters. The third kappa shape index (κ3) is 4.22. The molecule has 21 heavy (non-hydrogen) atoms. The Morgan fingerprint density at radius 3 is 1.90 bits per heavy atom. The summed E-state index contributed by atoms with van der Waals surface area (Å²) in [6.07, 6.45) is 1.09. The molecule has 0 radical (unpaired) electrons. The summed E-state index contributed by atoms with van der Waals surface area (Å²) in [5, 5.41) is 0. The van der Waals surface area contributed by atoms with Gasteiger partial charge in [0, 0.05) is 10.7 Å². The Bertz CT molecular complexity index is 691. The maximum Gasteiger partial charge on any atom is 0.261 e. The standard InChI is InChI=1S/C16H17ClO3S/c1-3-12(2)13-4-6-14(7-5-13)20-15-8-10-16(11-9-15)21(17,18)19/h4-12H,3H2,1-2H3. The van der Waals surface area contributed by atoms with Crippen molar-refractivity contribution in [2.24, 2.45) is 0 Å². The summed E-state index contributed by atoms with van der Waals surface area (Å²) in [5.41, 5.74) is 1.27. The Morgan fingerprint density at radius 2 is 1.48 bits per heavy atom. The Kier molecular flexibility index (Phi) is 4.91. The predicted octanol–water partition coefficient (Wildman–Crippen LogP) is 4.92. The molecule has 0 aromatic heterocycles. The maximum atomic E-state index is 11.2. The minimum absolute atomic E-state index is 0.0589. The molecule has 0 aliphatic rings. The van der Waals surface area contributed by atoms with Crippen LogP contribution in [-0.4, -0.2) is 8.42 Å². The summed E-state index contributed by atoms with van der Waals surface area (Å²) in [6, 6.07) is 13.9. The van der Waals surface area contributed by atoms with Crippen molar-refractivity contribution in [2.45, 2.75) is 31.1 Å². The molecule has 0 fully saturated rings. The lowest BCUT2D eigenvalue weighted by Crippen LogP contribution is -1.92. The molecule has 0 spiro atoms. The van der Waals surface area contributed by atoms with Gasteiger partial charge in [-0.15, -0.1) is 0 Å². The van der Waals surface area contributed by atoms with Crippen molar-refractivity contribution < 1.29 is 13.2 Å². The lowest BCUT2D eigenvalue weighted by atomic mass is 9.99. The molecule has 2 rings (SSSR count). The quantitative estimate of drug-likeness (QED) is 0.733. The zero-order valence-electron chi connectivity index (χ0n) is 11.9. The number of halogens is 1. The van der Waals surface area contributed by atoms with Crippen LogP contribution in [0.15, 0.2) is 53.4 Å². The van der Waals surface area contributed by atoms with Crippen molar-refractivity contribution in [1.82, 2.24) is 0 Å². The molecule has 1 atom stereocenters. The molecule has 3 nitrogen and oxygen atoms in total. The number of hydrogen-bond donors (Lipinski definition) is 0. The highest BCUT2D eigenvalue weighted by Gasteiger charge is 2.09. The zero-order valence-corrected chi connectivity index (χ0v) is 13.5. The monoisotopic (exact) mass is 324 g/mol. The molecule has 0 bridgehead atoms. The van der Waals surface area contributed by atoms with E-state index in [9.17, 15) is 8.42 Å². The molecule has 0 aliphatic carbocycles. The van der Waals surface area contributed by atoms with Crippen molar-refractivity contribution in [2.75, 3.05) is 0 Å². The van der Waals surface area contributed by atoms with Crippen molar-refractivity contribution in [3.8, 4) is 11.5 Å². The van der Waals surface area contributed by atoms with Gasteiger partial charge in [0.05, 0.1) is 4.90 Å². The summed E-state index contributed by atoms with van der Waals surface area (Å²) in [5.74, 6) is 1.80. The van der Waals surface area contributed by atoms with Gasteiger partial charge in [-0.2, -0.15) is 0 Å². The van der Waals surface area contributed by atoms with Gasteiger partial charge in [0.2, 0.25) is 0 Å². The molecule has 0 heterocycles. The third-order valence-electron chi connectivity index (χ3n) is 3.40. The van der Waals surface area contributed by atoms with Crippen molar-refractivity contribution in [3.05, 3.63) is 54.1 Å². The normalized spacial score (nSPS) is 12.9. The molecule has 0 saturated heterocycles. The lowest BCUT2D eigenvalue weighted by molar-refractivity contribution is 0.481. The Balaban J connectivity index is 2.11. The second-order valence-electron chi connectivity index (χ2n) is 4.89. The molecule has 2 aromatic rings. The number of hydrogen-bond acceptors (Lipinski definition) is 3. The molecule has 112 valence electrons. The SMILES string of the molecule is CCC(C)c1ccc(Oc2ccc(S(=O)(=O)Cl)cc2)cc1. The minimum Gasteiger partial charge on any atom is -0.457 e. The fourth-order valence-electron chi connectivity index (χ4n) is 1.91. The fourth-order valence-corrected chi connectivity index (χ4v) is 2.68. The van der Waals surface area contributed by atoms with E-state index >= 15 is 0 Å². The number of rotatable bonds is 5. The van der Waals surface area contributed by atoms with Crippen LogP contribution in [0.2, 0.25) is 0 Å². The summed E-state index contributed by atoms with van der Waals surface area (Å²) in [6.45, 7) is 4.34. The number of ether oxygens (including phenoxy) is 1. The van der Waals surface area contributed by atoms with Crippen LogP contribution in [0.5, 0.6) is 11.5 Å². The molecule has 2 aromatic carbocycles. The van der Waals surface area contributed by atoms with Gasteiger partial charge < -0.3 is 4.74 Å². The van der Waals surface area contributed by atoms with Gasteiger partial charge in [0.25, 0.3) is 9.05 Å². The van der Waals surface area contributed by atoms with Crippen LogP contribution < -0.4 is 4.74 Å². The van der Waals surface area contributed by atoms with Gasteiger partial charge in [-0.3, -0.25) is 0 Å². The van der Waals surface area contributed by atoms with Gasteiger partial charge in [-0.1, -0.05) is 26.0 Å². The average Bonchev–Trinajstić information content (AvgIpc) is 2.47. The predicted molar refractivity (Wildman–Crippen MR) is 84.7 cm³/mol. The van der Waals surface area contributed by atoms with Gasteiger partial charge in [-0.25, -0.2) is 8.42 Å². The van der Waals surface area contributed by atoms with E-state index in [-0.39, 0.29) is 4.90 Å². The van der Waals surface area contributed by atoms with Crippen LogP contribution in [0, 0.1) is 0 Å². The molecule has 0 N–H and O–H groups in total. The van der Waals surface area contributed by atoms with Crippen LogP contribution in [0.4, 0.5) is 0 Å². The van der Waals surface area contributed by atoms with E-state index in [1.54, 1.807) is 12.1 Å². The van der Waals surface area contributed by atoms with Gasteiger partial charge in [0.15, 0.2) is 0 Å². The molecule has 0 aliphatic heterocycles. The van der Waals surface area contributed by atoms with Gasteiger partial charge in [0.1, 0.15) is 11.5 Å². The Morgan fingerprint density at radius 1 is 1.00 bits per heavy atom. The summed E-state index contributed by atoms with van der Waals surface area (Å²) >= 11 is 0. The second-order valence-corrected chi connectivity index (χ2v) is 7.46. The highest BCUT2D eigenvalue weighted by molar-refractivity contribution is 8.13.